The van der Waals surface area contributed by atoms with Gasteiger partial charge in [0.15, 0.2) is 0 Å². The van der Waals surface area contributed by atoms with E-state index < -0.39 is 0 Å². The molecule has 0 atom stereocenters. The van der Waals surface area contributed by atoms with Crippen molar-refractivity contribution in [3.8, 4) is 0 Å². The Morgan fingerprint density at radius 1 is 1.53 bits per heavy atom. The Hall–Kier alpha value is -1.07. The van der Waals surface area contributed by atoms with Gasteiger partial charge >= 0.3 is 0 Å². The number of aromatic nitrogens is 2. The minimum atomic E-state index is 0.579. The Morgan fingerprint density at radius 3 is 2.87 bits per heavy atom. The molecule has 0 bridgehead atoms. The highest BCUT2D eigenvalue weighted by Crippen LogP contribution is 1.96. The van der Waals surface area contributed by atoms with E-state index in [1.54, 1.807) is 7.11 Å². The summed E-state index contributed by atoms with van der Waals surface area (Å²) in [6.45, 7) is 6.75. The number of methoxy groups -OCH3 is 1. The van der Waals surface area contributed by atoms with E-state index in [2.05, 4.69) is 16.9 Å². The monoisotopic (exact) mass is 212 g/mol. The van der Waals surface area contributed by atoms with Gasteiger partial charge in [-0.25, -0.2) is 0 Å². The lowest BCUT2D eigenvalue weighted by molar-refractivity contribution is 0.148. The SMILES string of the molecule is CCN(CCOC)CCn1ccc(N)n1. The van der Waals surface area contributed by atoms with Crippen molar-refractivity contribution in [2.24, 2.45) is 0 Å². The maximum Gasteiger partial charge on any atom is 0.145 e. The van der Waals surface area contributed by atoms with Crippen molar-refractivity contribution in [2.45, 2.75) is 13.5 Å². The number of nitrogens with zero attached hydrogens (tertiary/aromatic N) is 3. The Morgan fingerprint density at radius 2 is 2.33 bits per heavy atom. The molecule has 0 saturated heterocycles. The van der Waals surface area contributed by atoms with E-state index in [9.17, 15) is 0 Å². The first-order valence-corrected chi connectivity index (χ1v) is 5.26. The molecule has 0 radical (unpaired) electrons. The Kier molecular flexibility index (Phi) is 5.14. The predicted molar refractivity (Wildman–Crippen MR) is 60.6 cm³/mol. The van der Waals surface area contributed by atoms with Crippen LogP contribution in [0.1, 0.15) is 6.92 Å². The average Bonchev–Trinajstić information content (AvgIpc) is 2.65. The first kappa shape index (κ1) is 12.0. The highest BCUT2D eigenvalue weighted by Gasteiger charge is 2.02. The number of nitrogens with two attached hydrogens (primary N) is 1. The third kappa shape index (κ3) is 4.31. The van der Waals surface area contributed by atoms with Crippen LogP contribution >= 0.6 is 0 Å². The van der Waals surface area contributed by atoms with Gasteiger partial charge in [0.2, 0.25) is 0 Å². The van der Waals surface area contributed by atoms with Gasteiger partial charge in [-0.05, 0) is 12.6 Å². The third-order valence-corrected chi connectivity index (χ3v) is 2.37. The van der Waals surface area contributed by atoms with Crippen LogP contribution in [0.3, 0.4) is 0 Å². The Balaban J connectivity index is 2.27. The first-order valence-electron chi connectivity index (χ1n) is 5.26. The minimum Gasteiger partial charge on any atom is -0.383 e. The van der Waals surface area contributed by atoms with Crippen LogP contribution < -0.4 is 5.73 Å². The fraction of sp³-hybridized carbons (Fsp3) is 0.700. The van der Waals surface area contributed by atoms with Crippen molar-refractivity contribution in [2.75, 3.05) is 39.1 Å². The molecule has 0 saturated carbocycles. The molecule has 1 heterocycles. The topological polar surface area (TPSA) is 56.3 Å². The summed E-state index contributed by atoms with van der Waals surface area (Å²) in [5.41, 5.74) is 5.53. The van der Waals surface area contributed by atoms with E-state index in [-0.39, 0.29) is 0 Å². The molecule has 0 aliphatic heterocycles. The summed E-state index contributed by atoms with van der Waals surface area (Å²) in [7, 11) is 1.72. The number of hydrogen-bond donors (Lipinski definition) is 1. The van der Waals surface area contributed by atoms with Gasteiger partial charge < -0.3 is 10.5 Å². The molecular weight excluding hydrogens is 192 g/mol. The van der Waals surface area contributed by atoms with Gasteiger partial charge in [-0.15, -0.1) is 0 Å². The smallest absolute Gasteiger partial charge is 0.145 e. The summed E-state index contributed by atoms with van der Waals surface area (Å²) in [5.74, 6) is 0.579. The standard InChI is InChI=1S/C10H20N4O/c1-3-13(8-9-15-2)6-7-14-5-4-10(11)12-14/h4-5H,3,6-9H2,1-2H3,(H2,11,12). The number of anilines is 1. The largest absolute Gasteiger partial charge is 0.383 e. The molecule has 2 N–H and O–H groups in total. The predicted octanol–water partition coefficient (Wildman–Crippen LogP) is 0.434. The van der Waals surface area contributed by atoms with E-state index in [4.69, 9.17) is 10.5 Å². The molecule has 0 aliphatic rings. The molecule has 86 valence electrons. The van der Waals surface area contributed by atoms with Crippen LogP contribution in [0.15, 0.2) is 12.3 Å². The highest BCUT2D eigenvalue weighted by molar-refractivity contribution is 5.23. The molecular formula is C10H20N4O. The zero-order valence-electron chi connectivity index (χ0n) is 9.52. The molecule has 0 unspecified atom stereocenters. The van der Waals surface area contributed by atoms with E-state index >= 15 is 0 Å². The van der Waals surface area contributed by atoms with Crippen LogP contribution in [-0.4, -0.2) is 48.0 Å². The molecule has 0 aromatic carbocycles. The van der Waals surface area contributed by atoms with Gasteiger partial charge in [-0.1, -0.05) is 6.92 Å². The summed E-state index contributed by atoms with van der Waals surface area (Å²) in [4.78, 5) is 2.32. The summed E-state index contributed by atoms with van der Waals surface area (Å²) >= 11 is 0. The molecule has 5 heteroatoms. The van der Waals surface area contributed by atoms with Crippen molar-refractivity contribution in [1.82, 2.24) is 14.7 Å². The van der Waals surface area contributed by atoms with Crippen LogP contribution in [0, 0.1) is 0 Å². The van der Waals surface area contributed by atoms with Crippen molar-refractivity contribution >= 4 is 5.82 Å². The second kappa shape index (κ2) is 6.42. The van der Waals surface area contributed by atoms with Crippen molar-refractivity contribution in [3.05, 3.63) is 12.3 Å². The van der Waals surface area contributed by atoms with Gasteiger partial charge in [0, 0.05) is 26.4 Å². The van der Waals surface area contributed by atoms with E-state index in [1.165, 1.54) is 0 Å². The quantitative estimate of drug-likeness (QED) is 0.712. The fourth-order valence-electron chi connectivity index (χ4n) is 1.39. The molecule has 1 aromatic heterocycles. The Bertz CT molecular complexity index is 274. The molecule has 0 spiro atoms. The summed E-state index contributed by atoms with van der Waals surface area (Å²) in [5, 5.41) is 4.13. The first-order chi connectivity index (χ1) is 7.26. The maximum absolute atomic E-state index is 5.53. The third-order valence-electron chi connectivity index (χ3n) is 2.37. The summed E-state index contributed by atoms with van der Waals surface area (Å²) in [6, 6.07) is 1.81. The summed E-state index contributed by atoms with van der Waals surface area (Å²) < 4.78 is 6.91. The summed E-state index contributed by atoms with van der Waals surface area (Å²) in [6.07, 6.45) is 1.90. The molecule has 15 heavy (non-hydrogen) atoms. The number of rotatable bonds is 7. The van der Waals surface area contributed by atoms with Crippen molar-refractivity contribution < 1.29 is 4.74 Å². The van der Waals surface area contributed by atoms with Crippen LogP contribution in [0.2, 0.25) is 0 Å². The second-order valence-electron chi connectivity index (χ2n) is 3.43. The van der Waals surface area contributed by atoms with Gasteiger partial charge in [-0.2, -0.15) is 5.10 Å². The molecule has 1 aromatic rings. The molecule has 0 aliphatic carbocycles. The van der Waals surface area contributed by atoms with Crippen LogP contribution in [0.25, 0.3) is 0 Å². The zero-order chi connectivity index (χ0) is 11.1. The lowest BCUT2D eigenvalue weighted by Gasteiger charge is -2.19. The van der Waals surface area contributed by atoms with E-state index in [1.807, 2.05) is 16.9 Å². The normalized spacial score (nSPS) is 11.1. The lowest BCUT2D eigenvalue weighted by Crippen LogP contribution is -2.30. The van der Waals surface area contributed by atoms with Gasteiger partial charge in [0.1, 0.15) is 5.82 Å². The zero-order valence-corrected chi connectivity index (χ0v) is 9.52. The molecule has 0 fully saturated rings. The lowest BCUT2D eigenvalue weighted by atomic mass is 10.4. The molecule has 0 amide bonds. The van der Waals surface area contributed by atoms with E-state index in [0.29, 0.717) is 5.82 Å². The number of hydrogen-bond acceptors (Lipinski definition) is 4. The second-order valence-corrected chi connectivity index (χ2v) is 3.43. The van der Waals surface area contributed by atoms with Gasteiger partial charge in [-0.3, -0.25) is 9.58 Å². The van der Waals surface area contributed by atoms with Crippen molar-refractivity contribution in [1.29, 1.82) is 0 Å². The van der Waals surface area contributed by atoms with Gasteiger partial charge in [0.25, 0.3) is 0 Å². The number of nitrogen functional groups attached to an aromatic ring is 1. The number of ether oxygens (including phenoxy) is 1. The molecule has 1 rings (SSSR count). The number of likely N-dealkylation sites (N-methyl/N-ethyl adjacent to an activating group) is 1. The average molecular weight is 212 g/mol. The fourth-order valence-corrected chi connectivity index (χ4v) is 1.39. The van der Waals surface area contributed by atoms with Crippen molar-refractivity contribution in [3.63, 3.8) is 0 Å². The van der Waals surface area contributed by atoms with Crippen LogP contribution in [0.4, 0.5) is 5.82 Å². The van der Waals surface area contributed by atoms with Crippen LogP contribution in [0.5, 0.6) is 0 Å². The Labute approximate surface area is 90.8 Å². The van der Waals surface area contributed by atoms with Gasteiger partial charge in [0.05, 0.1) is 13.2 Å². The highest BCUT2D eigenvalue weighted by atomic mass is 16.5. The molecule has 5 nitrogen and oxygen atoms in total. The van der Waals surface area contributed by atoms with Crippen LogP contribution in [-0.2, 0) is 11.3 Å². The minimum absolute atomic E-state index is 0.579. The van der Waals surface area contributed by atoms with E-state index in [0.717, 1.165) is 32.8 Å². The maximum atomic E-state index is 5.53.